The third-order valence-corrected chi connectivity index (χ3v) is 11.7. The van der Waals surface area contributed by atoms with Gasteiger partial charge in [0, 0.05) is 49.6 Å². The number of rotatable bonds is 5. The highest BCUT2D eigenvalue weighted by Gasteiger charge is 2.21. The molecular formula is C54H34N4. The average molecular weight is 739 g/mol. The molecule has 12 aromatic rings. The zero-order valence-electron chi connectivity index (χ0n) is 31.4. The Balaban J connectivity index is 1.07. The fraction of sp³-hybridized carbons (Fsp3) is 0. The Kier molecular flexibility index (Phi) is 7.20. The summed E-state index contributed by atoms with van der Waals surface area (Å²) in [5, 5.41) is 9.66. The summed E-state index contributed by atoms with van der Waals surface area (Å²) >= 11 is 0. The summed E-state index contributed by atoms with van der Waals surface area (Å²) in [5.74, 6) is 0.708. The van der Waals surface area contributed by atoms with E-state index in [2.05, 4.69) is 197 Å². The highest BCUT2D eigenvalue weighted by Crippen LogP contribution is 2.42. The van der Waals surface area contributed by atoms with Gasteiger partial charge in [0.15, 0.2) is 5.82 Å². The maximum atomic E-state index is 5.23. The summed E-state index contributed by atoms with van der Waals surface area (Å²) in [7, 11) is 0. The molecule has 0 N–H and O–H groups in total. The van der Waals surface area contributed by atoms with E-state index in [-0.39, 0.29) is 0 Å². The summed E-state index contributed by atoms with van der Waals surface area (Å²) in [5.41, 5.74) is 12.0. The van der Waals surface area contributed by atoms with Gasteiger partial charge in [-0.2, -0.15) is 0 Å². The number of fused-ring (bicyclic) bond motifs is 9. The molecule has 0 aliphatic carbocycles. The van der Waals surface area contributed by atoms with Crippen molar-refractivity contribution in [2.24, 2.45) is 0 Å². The molecular weight excluding hydrogens is 705 g/mol. The van der Waals surface area contributed by atoms with Gasteiger partial charge in [0.25, 0.3) is 0 Å². The van der Waals surface area contributed by atoms with E-state index in [4.69, 9.17) is 9.97 Å². The van der Waals surface area contributed by atoms with Crippen LogP contribution in [0.3, 0.4) is 0 Å². The van der Waals surface area contributed by atoms with Crippen molar-refractivity contribution in [3.05, 3.63) is 206 Å². The molecule has 0 saturated heterocycles. The van der Waals surface area contributed by atoms with Gasteiger partial charge in [-0.15, -0.1) is 0 Å². The van der Waals surface area contributed by atoms with Gasteiger partial charge < -0.3 is 9.13 Å². The SMILES string of the molecule is c1ccc(-c2nc(-c3ccc4ccccc4c3)cc(-c3cccc4cc(-n5c6ccccc6c6c5ccc5c7ccccc7n(-c7ccccc7)c56)ccc34)n2)cc1. The van der Waals surface area contributed by atoms with Crippen LogP contribution in [0.1, 0.15) is 0 Å². The van der Waals surface area contributed by atoms with E-state index < -0.39 is 0 Å². The van der Waals surface area contributed by atoms with Crippen molar-refractivity contribution in [1.29, 1.82) is 0 Å². The quantitative estimate of drug-likeness (QED) is 0.176. The first-order valence-corrected chi connectivity index (χ1v) is 19.7. The second-order valence-electron chi connectivity index (χ2n) is 15.0. The first-order chi connectivity index (χ1) is 28.8. The maximum Gasteiger partial charge on any atom is 0.160 e. The van der Waals surface area contributed by atoms with E-state index in [0.717, 1.165) is 50.2 Å². The van der Waals surface area contributed by atoms with Crippen LogP contribution in [0.2, 0.25) is 0 Å². The molecule has 4 heteroatoms. The molecule has 0 bridgehead atoms. The highest BCUT2D eigenvalue weighted by atomic mass is 15.0. The minimum atomic E-state index is 0.708. The van der Waals surface area contributed by atoms with Crippen molar-refractivity contribution in [2.75, 3.05) is 0 Å². The molecule has 0 saturated carbocycles. The minimum absolute atomic E-state index is 0.708. The van der Waals surface area contributed by atoms with Gasteiger partial charge in [-0.1, -0.05) is 152 Å². The van der Waals surface area contributed by atoms with Crippen LogP contribution in [0.25, 0.3) is 110 Å². The van der Waals surface area contributed by atoms with Crippen molar-refractivity contribution in [2.45, 2.75) is 0 Å². The monoisotopic (exact) mass is 738 g/mol. The van der Waals surface area contributed by atoms with Crippen molar-refractivity contribution in [3.8, 4) is 45.3 Å². The molecule has 0 radical (unpaired) electrons. The molecule has 0 aliphatic heterocycles. The molecule has 0 atom stereocenters. The lowest BCUT2D eigenvalue weighted by Crippen LogP contribution is -1.97. The Bertz CT molecular complexity index is 3560. The molecule has 3 aromatic heterocycles. The number of nitrogens with zero attached hydrogens (tertiary/aromatic N) is 4. The van der Waals surface area contributed by atoms with E-state index in [0.29, 0.717) is 5.82 Å². The summed E-state index contributed by atoms with van der Waals surface area (Å²) in [6.07, 6.45) is 0. The number of para-hydroxylation sites is 3. The smallest absolute Gasteiger partial charge is 0.160 e. The predicted molar refractivity (Wildman–Crippen MR) is 242 cm³/mol. The van der Waals surface area contributed by atoms with Crippen molar-refractivity contribution in [3.63, 3.8) is 0 Å². The minimum Gasteiger partial charge on any atom is -0.309 e. The lowest BCUT2D eigenvalue weighted by molar-refractivity contribution is 1.18. The molecule has 0 unspecified atom stereocenters. The molecule has 0 aliphatic rings. The summed E-state index contributed by atoms with van der Waals surface area (Å²) in [6.45, 7) is 0. The average Bonchev–Trinajstić information content (AvgIpc) is 3.82. The summed E-state index contributed by atoms with van der Waals surface area (Å²) in [4.78, 5) is 10.4. The molecule has 0 fully saturated rings. The Labute approximate surface area is 334 Å². The van der Waals surface area contributed by atoms with E-state index in [1.54, 1.807) is 0 Å². The van der Waals surface area contributed by atoms with Crippen molar-refractivity contribution < 1.29 is 0 Å². The van der Waals surface area contributed by atoms with E-state index in [9.17, 15) is 0 Å². The zero-order chi connectivity index (χ0) is 38.2. The van der Waals surface area contributed by atoms with Crippen LogP contribution < -0.4 is 0 Å². The van der Waals surface area contributed by atoms with Crippen LogP contribution in [0.4, 0.5) is 0 Å². The Hall–Kier alpha value is -7.82. The van der Waals surface area contributed by atoms with Crippen LogP contribution in [0.5, 0.6) is 0 Å². The maximum absolute atomic E-state index is 5.23. The normalized spacial score (nSPS) is 11.8. The standard InChI is InChI=1S/C54H34N4/c1-3-15-36(16-4-1)54-55-47(39-27-26-35-14-7-8-17-37(35)32-39)34-48(56-54)43-23-13-18-38-33-41(28-29-42(38)43)57-50-25-12-10-22-46(50)52-51(57)31-30-45-44-21-9-11-24-49(44)58(53(45)52)40-19-5-2-6-20-40/h1-34H. The number of aromatic nitrogens is 4. The molecule has 0 spiro atoms. The first kappa shape index (κ1) is 32.4. The third-order valence-electron chi connectivity index (χ3n) is 11.7. The predicted octanol–water partition coefficient (Wildman–Crippen LogP) is 14.0. The molecule has 0 amide bonds. The van der Waals surface area contributed by atoms with E-state index >= 15 is 0 Å². The highest BCUT2D eigenvalue weighted by molar-refractivity contribution is 6.26. The first-order valence-electron chi connectivity index (χ1n) is 19.7. The van der Waals surface area contributed by atoms with Gasteiger partial charge in [0.05, 0.1) is 33.5 Å². The lowest BCUT2D eigenvalue weighted by Gasteiger charge is -2.13. The van der Waals surface area contributed by atoms with E-state index in [1.807, 2.05) is 18.2 Å². The van der Waals surface area contributed by atoms with Gasteiger partial charge in [-0.05, 0) is 76.1 Å². The van der Waals surface area contributed by atoms with Crippen LogP contribution in [-0.4, -0.2) is 19.1 Å². The van der Waals surface area contributed by atoms with Crippen LogP contribution in [0, 0.1) is 0 Å². The molecule has 12 rings (SSSR count). The van der Waals surface area contributed by atoms with E-state index in [1.165, 1.54) is 54.4 Å². The zero-order valence-corrected chi connectivity index (χ0v) is 31.4. The second-order valence-corrected chi connectivity index (χ2v) is 15.0. The van der Waals surface area contributed by atoms with Gasteiger partial charge in [-0.3, -0.25) is 0 Å². The number of benzene rings is 9. The largest absolute Gasteiger partial charge is 0.309 e. The summed E-state index contributed by atoms with van der Waals surface area (Å²) < 4.78 is 4.87. The van der Waals surface area contributed by atoms with Crippen molar-refractivity contribution >= 4 is 65.2 Å². The lowest BCUT2D eigenvalue weighted by atomic mass is 9.99. The van der Waals surface area contributed by atoms with Crippen LogP contribution in [-0.2, 0) is 0 Å². The molecule has 4 nitrogen and oxygen atoms in total. The fourth-order valence-corrected chi connectivity index (χ4v) is 9.06. The number of hydrogen-bond donors (Lipinski definition) is 0. The topological polar surface area (TPSA) is 35.6 Å². The second kappa shape index (κ2) is 12.9. The van der Waals surface area contributed by atoms with Crippen molar-refractivity contribution in [1.82, 2.24) is 19.1 Å². The summed E-state index contributed by atoms with van der Waals surface area (Å²) in [6, 6.07) is 73.8. The Morgan fingerprint density at radius 1 is 0.328 bits per heavy atom. The molecule has 58 heavy (non-hydrogen) atoms. The van der Waals surface area contributed by atoms with Gasteiger partial charge >= 0.3 is 0 Å². The molecule has 9 aromatic carbocycles. The Morgan fingerprint density at radius 3 is 1.84 bits per heavy atom. The van der Waals surface area contributed by atoms with Crippen LogP contribution in [0.15, 0.2) is 206 Å². The number of hydrogen-bond acceptors (Lipinski definition) is 2. The van der Waals surface area contributed by atoms with Gasteiger partial charge in [-0.25, -0.2) is 9.97 Å². The molecule has 270 valence electrons. The third kappa shape index (κ3) is 5.02. The fourth-order valence-electron chi connectivity index (χ4n) is 9.06. The molecule has 3 heterocycles. The van der Waals surface area contributed by atoms with Gasteiger partial charge in [0.2, 0.25) is 0 Å². The Morgan fingerprint density at radius 2 is 1.00 bits per heavy atom. The van der Waals surface area contributed by atoms with Crippen LogP contribution >= 0.6 is 0 Å². The van der Waals surface area contributed by atoms with Gasteiger partial charge in [0.1, 0.15) is 0 Å².